The zero-order valence-electron chi connectivity index (χ0n) is 18.6. The number of anilines is 1. The van der Waals surface area contributed by atoms with Crippen molar-refractivity contribution in [1.29, 1.82) is 0 Å². The number of rotatable bonds is 5. The molecule has 2 N–H and O–H groups in total. The first-order chi connectivity index (χ1) is 16.3. The maximum atomic E-state index is 13.4. The van der Waals surface area contributed by atoms with Crippen LogP contribution in [0.15, 0.2) is 66.7 Å². The van der Waals surface area contributed by atoms with E-state index in [9.17, 15) is 23.2 Å². The Bertz CT molecular complexity index is 1260. The fourth-order valence-corrected chi connectivity index (χ4v) is 4.01. The molecule has 3 amide bonds. The third-order valence-corrected chi connectivity index (χ3v) is 5.87. The zero-order valence-corrected chi connectivity index (χ0v) is 18.6. The molecule has 1 aliphatic heterocycles. The number of fused-ring (bicyclic) bond motifs is 3. The van der Waals surface area contributed by atoms with E-state index in [0.29, 0.717) is 11.3 Å². The highest BCUT2D eigenvalue weighted by Crippen LogP contribution is 2.39. The van der Waals surface area contributed by atoms with Crippen molar-refractivity contribution in [2.75, 3.05) is 11.9 Å². The lowest BCUT2D eigenvalue weighted by Gasteiger charge is -2.24. The minimum atomic E-state index is -1.14. The molecule has 4 rings (SSSR count). The van der Waals surface area contributed by atoms with Crippen LogP contribution in [-0.2, 0) is 20.9 Å². The summed E-state index contributed by atoms with van der Waals surface area (Å²) in [6, 6.07) is 16.7. The van der Waals surface area contributed by atoms with Crippen LogP contribution in [0.3, 0.4) is 0 Å². The van der Waals surface area contributed by atoms with E-state index >= 15 is 0 Å². The van der Waals surface area contributed by atoms with E-state index in [4.69, 9.17) is 0 Å². The highest BCUT2D eigenvalue weighted by molar-refractivity contribution is 6.07. The topological polar surface area (TPSA) is 78.5 Å². The standard InChI is InChI=1S/C26H23F2N3O3/c1-15(24(32)29-14-16-11-17(27)13-18(28)12-16)25(33)30-23-21-9-4-3-7-19(21)20-8-5-6-10-22(20)31(2)26(23)34/h3-13,15,23H,14H2,1-2H3,(H,29,32)(H,30,33)/t15?,23-/m1/s1. The van der Waals surface area contributed by atoms with Gasteiger partial charge >= 0.3 is 0 Å². The number of benzene rings is 3. The summed E-state index contributed by atoms with van der Waals surface area (Å²) in [5.74, 6) is -4.28. The summed E-state index contributed by atoms with van der Waals surface area (Å²) in [4.78, 5) is 40.3. The lowest BCUT2D eigenvalue weighted by Crippen LogP contribution is -2.45. The predicted octanol–water partition coefficient (Wildman–Crippen LogP) is 3.72. The van der Waals surface area contributed by atoms with E-state index in [0.717, 1.165) is 29.3 Å². The minimum absolute atomic E-state index is 0.144. The van der Waals surface area contributed by atoms with Gasteiger partial charge < -0.3 is 15.5 Å². The molecule has 0 aliphatic carbocycles. The molecular formula is C26H23F2N3O3. The van der Waals surface area contributed by atoms with E-state index in [2.05, 4.69) is 10.6 Å². The second-order valence-electron chi connectivity index (χ2n) is 8.16. The number of hydrogen-bond donors (Lipinski definition) is 2. The van der Waals surface area contributed by atoms with Crippen molar-refractivity contribution in [1.82, 2.24) is 10.6 Å². The Balaban J connectivity index is 1.52. The van der Waals surface area contributed by atoms with Crippen LogP contribution in [0, 0.1) is 17.6 Å². The molecule has 1 heterocycles. The summed E-state index contributed by atoms with van der Waals surface area (Å²) in [5.41, 5.74) is 3.24. The fourth-order valence-electron chi connectivity index (χ4n) is 4.01. The van der Waals surface area contributed by atoms with Gasteiger partial charge in [-0.3, -0.25) is 14.4 Å². The van der Waals surface area contributed by atoms with E-state index in [1.54, 1.807) is 19.2 Å². The predicted molar refractivity (Wildman–Crippen MR) is 124 cm³/mol. The van der Waals surface area contributed by atoms with Crippen LogP contribution in [-0.4, -0.2) is 24.8 Å². The maximum Gasteiger partial charge on any atom is 0.253 e. The third-order valence-electron chi connectivity index (χ3n) is 5.87. The van der Waals surface area contributed by atoms with Gasteiger partial charge in [0.05, 0.1) is 5.69 Å². The molecule has 0 fully saturated rings. The molecule has 0 spiro atoms. The van der Waals surface area contributed by atoms with Gasteiger partial charge in [-0.25, -0.2) is 8.78 Å². The monoisotopic (exact) mass is 463 g/mol. The van der Waals surface area contributed by atoms with Crippen LogP contribution in [0.25, 0.3) is 11.1 Å². The van der Waals surface area contributed by atoms with Crippen molar-refractivity contribution >= 4 is 23.4 Å². The highest BCUT2D eigenvalue weighted by atomic mass is 19.1. The SMILES string of the molecule is CC(C(=O)NCc1cc(F)cc(F)c1)C(=O)N[C@H]1C(=O)N(C)c2ccccc2-c2ccccc21. The normalized spacial score (nSPS) is 15.6. The van der Waals surface area contributed by atoms with Crippen LogP contribution < -0.4 is 15.5 Å². The molecule has 0 aromatic heterocycles. The first kappa shape index (κ1) is 23.1. The zero-order chi connectivity index (χ0) is 24.4. The molecule has 0 bridgehead atoms. The second kappa shape index (κ2) is 9.43. The molecule has 3 aromatic rings. The van der Waals surface area contributed by atoms with Gasteiger partial charge in [0.2, 0.25) is 11.8 Å². The smallest absolute Gasteiger partial charge is 0.253 e. The van der Waals surface area contributed by atoms with Crippen molar-refractivity contribution in [2.45, 2.75) is 19.5 Å². The molecule has 174 valence electrons. The Morgan fingerprint density at radius 2 is 1.56 bits per heavy atom. The molecule has 3 aromatic carbocycles. The van der Waals surface area contributed by atoms with E-state index in [1.165, 1.54) is 11.8 Å². The van der Waals surface area contributed by atoms with Gasteiger partial charge in [0.25, 0.3) is 5.91 Å². The summed E-state index contributed by atoms with van der Waals surface area (Å²) < 4.78 is 26.7. The van der Waals surface area contributed by atoms with Crippen LogP contribution in [0.1, 0.15) is 24.1 Å². The van der Waals surface area contributed by atoms with Crippen molar-refractivity contribution < 1.29 is 23.2 Å². The summed E-state index contributed by atoms with van der Waals surface area (Å²) >= 11 is 0. The number of carbonyl (C=O) groups excluding carboxylic acids is 3. The number of nitrogens with one attached hydrogen (secondary N) is 2. The first-order valence-electron chi connectivity index (χ1n) is 10.7. The Labute approximate surface area is 195 Å². The van der Waals surface area contributed by atoms with Gasteiger partial charge in [-0.05, 0) is 41.8 Å². The summed E-state index contributed by atoms with van der Waals surface area (Å²) in [5, 5.41) is 5.22. The van der Waals surface area contributed by atoms with Crippen molar-refractivity contribution in [2.24, 2.45) is 5.92 Å². The van der Waals surface area contributed by atoms with Crippen LogP contribution >= 0.6 is 0 Å². The summed E-state index contributed by atoms with van der Waals surface area (Å²) in [6.07, 6.45) is 0. The molecular weight excluding hydrogens is 440 g/mol. The molecule has 34 heavy (non-hydrogen) atoms. The number of para-hydroxylation sites is 1. The largest absolute Gasteiger partial charge is 0.351 e. The molecule has 0 saturated carbocycles. The van der Waals surface area contributed by atoms with E-state index in [-0.39, 0.29) is 18.0 Å². The van der Waals surface area contributed by atoms with E-state index in [1.807, 2.05) is 36.4 Å². The number of amides is 3. The van der Waals surface area contributed by atoms with Crippen LogP contribution in [0.2, 0.25) is 0 Å². The Morgan fingerprint density at radius 3 is 2.26 bits per heavy atom. The van der Waals surface area contributed by atoms with Crippen molar-refractivity contribution in [3.05, 3.63) is 89.5 Å². The number of carbonyl (C=O) groups is 3. The molecule has 2 atom stereocenters. The number of halogens is 2. The molecule has 1 aliphatic rings. The van der Waals surface area contributed by atoms with Gasteiger partial charge in [-0.15, -0.1) is 0 Å². The van der Waals surface area contributed by atoms with Gasteiger partial charge in [-0.1, -0.05) is 42.5 Å². The van der Waals surface area contributed by atoms with Gasteiger partial charge in [0.15, 0.2) is 0 Å². The molecule has 8 heteroatoms. The number of likely N-dealkylation sites (N-methyl/N-ethyl adjacent to an activating group) is 1. The van der Waals surface area contributed by atoms with Crippen LogP contribution in [0.4, 0.5) is 14.5 Å². The molecule has 6 nitrogen and oxygen atoms in total. The van der Waals surface area contributed by atoms with Crippen molar-refractivity contribution in [3.63, 3.8) is 0 Å². The average Bonchev–Trinajstić information content (AvgIpc) is 2.91. The molecule has 0 radical (unpaired) electrons. The molecule has 0 saturated heterocycles. The summed E-state index contributed by atoms with van der Waals surface area (Å²) in [6.45, 7) is 1.26. The van der Waals surface area contributed by atoms with Gasteiger partial charge in [0.1, 0.15) is 23.6 Å². The number of nitrogens with zero attached hydrogens (tertiary/aromatic N) is 1. The van der Waals surface area contributed by atoms with Crippen molar-refractivity contribution in [3.8, 4) is 11.1 Å². The Morgan fingerprint density at radius 1 is 0.941 bits per heavy atom. The minimum Gasteiger partial charge on any atom is -0.351 e. The fraction of sp³-hybridized carbons (Fsp3) is 0.192. The van der Waals surface area contributed by atoms with Gasteiger partial charge in [0, 0.05) is 25.2 Å². The van der Waals surface area contributed by atoms with E-state index < -0.39 is 35.4 Å². The average molecular weight is 463 g/mol. The van der Waals surface area contributed by atoms with Gasteiger partial charge in [-0.2, -0.15) is 0 Å². The van der Waals surface area contributed by atoms with Crippen LogP contribution in [0.5, 0.6) is 0 Å². The quantitative estimate of drug-likeness (QED) is 0.566. The summed E-state index contributed by atoms with van der Waals surface area (Å²) in [7, 11) is 1.64. The lowest BCUT2D eigenvalue weighted by molar-refractivity contribution is -0.136. The number of hydrogen-bond acceptors (Lipinski definition) is 3. The first-order valence-corrected chi connectivity index (χ1v) is 10.7. The highest BCUT2D eigenvalue weighted by Gasteiger charge is 2.34. The molecule has 1 unspecified atom stereocenters. The third kappa shape index (κ3) is 4.52. The Hall–Kier alpha value is -4.07. The Kier molecular flexibility index (Phi) is 6.40. The lowest BCUT2D eigenvalue weighted by atomic mass is 9.95. The maximum absolute atomic E-state index is 13.4. The second-order valence-corrected chi connectivity index (χ2v) is 8.16.